The third-order valence-electron chi connectivity index (χ3n) is 1.24. The van der Waals surface area contributed by atoms with Crippen LogP contribution in [-0.2, 0) is 0 Å². The van der Waals surface area contributed by atoms with E-state index in [2.05, 4.69) is 13.2 Å². The Hall–Kier alpha value is -1.04. The Bertz CT molecular complexity index is 180. The van der Waals surface area contributed by atoms with Crippen molar-refractivity contribution in [3.8, 4) is 0 Å². The molecule has 0 aromatic rings. The molecular formula is C10H14. The minimum Gasteiger partial charge on any atom is -0.0991 e. The standard InChI is InChI=1S/C10H14/c1-5-7-9(3)10(4)8-6-2/h5-8H,1,4H2,2-3H3/b8-6-,9-7-. The zero-order valence-electron chi connectivity index (χ0n) is 6.72. The van der Waals surface area contributed by atoms with Gasteiger partial charge in [0, 0.05) is 0 Å². The minimum absolute atomic E-state index is 1.04. The fourth-order valence-corrected chi connectivity index (χ4v) is 0.616. The maximum atomic E-state index is 3.86. The Kier molecular flexibility index (Phi) is 4.30. The first kappa shape index (κ1) is 8.96. The van der Waals surface area contributed by atoms with Crippen molar-refractivity contribution >= 4 is 0 Å². The van der Waals surface area contributed by atoms with Gasteiger partial charge in [0.25, 0.3) is 0 Å². The molecule has 0 atom stereocenters. The van der Waals surface area contributed by atoms with Crippen molar-refractivity contribution in [2.45, 2.75) is 13.8 Å². The van der Waals surface area contributed by atoms with Crippen LogP contribution >= 0.6 is 0 Å². The summed E-state index contributed by atoms with van der Waals surface area (Å²) in [5.41, 5.74) is 2.20. The lowest BCUT2D eigenvalue weighted by atomic mass is 10.1. The average Bonchev–Trinajstić information content (AvgIpc) is 1.89. The first-order valence-electron chi connectivity index (χ1n) is 3.33. The van der Waals surface area contributed by atoms with Gasteiger partial charge in [-0.1, -0.05) is 37.5 Å². The van der Waals surface area contributed by atoms with Crippen molar-refractivity contribution in [2.75, 3.05) is 0 Å². The van der Waals surface area contributed by atoms with E-state index >= 15 is 0 Å². The molecule has 0 heteroatoms. The van der Waals surface area contributed by atoms with Gasteiger partial charge in [-0.3, -0.25) is 0 Å². The van der Waals surface area contributed by atoms with Crippen molar-refractivity contribution in [1.29, 1.82) is 0 Å². The van der Waals surface area contributed by atoms with E-state index < -0.39 is 0 Å². The Morgan fingerprint density at radius 2 is 2.00 bits per heavy atom. The monoisotopic (exact) mass is 134 g/mol. The molecule has 54 valence electrons. The van der Waals surface area contributed by atoms with E-state index in [-0.39, 0.29) is 0 Å². The van der Waals surface area contributed by atoms with Crippen LogP contribution in [0.5, 0.6) is 0 Å². The summed E-state index contributed by atoms with van der Waals surface area (Å²) in [6.45, 7) is 11.5. The molecule has 0 heterocycles. The molecule has 0 aromatic carbocycles. The van der Waals surface area contributed by atoms with E-state index in [4.69, 9.17) is 0 Å². The van der Waals surface area contributed by atoms with Gasteiger partial charge >= 0.3 is 0 Å². The predicted molar refractivity (Wildman–Crippen MR) is 47.9 cm³/mol. The van der Waals surface area contributed by atoms with Gasteiger partial charge in [0.05, 0.1) is 0 Å². The Labute approximate surface area is 63.3 Å². The van der Waals surface area contributed by atoms with Crippen LogP contribution in [-0.4, -0.2) is 0 Å². The van der Waals surface area contributed by atoms with Gasteiger partial charge in [0.2, 0.25) is 0 Å². The number of hydrogen-bond donors (Lipinski definition) is 0. The van der Waals surface area contributed by atoms with Gasteiger partial charge in [-0.2, -0.15) is 0 Å². The molecule has 0 bridgehead atoms. The maximum Gasteiger partial charge on any atom is -0.0303 e. The fourth-order valence-electron chi connectivity index (χ4n) is 0.616. The molecule has 0 unspecified atom stereocenters. The third-order valence-corrected chi connectivity index (χ3v) is 1.24. The summed E-state index contributed by atoms with van der Waals surface area (Å²) < 4.78 is 0. The quantitative estimate of drug-likeness (QED) is 0.520. The molecule has 0 aliphatic rings. The second-order valence-electron chi connectivity index (χ2n) is 2.11. The van der Waals surface area contributed by atoms with Gasteiger partial charge in [-0.05, 0) is 25.0 Å². The van der Waals surface area contributed by atoms with Gasteiger partial charge in [-0.25, -0.2) is 0 Å². The molecule has 0 rings (SSSR count). The molecule has 0 nitrogen and oxygen atoms in total. The fraction of sp³-hybridized carbons (Fsp3) is 0.200. The third kappa shape index (κ3) is 3.08. The van der Waals surface area contributed by atoms with E-state index in [1.165, 1.54) is 0 Å². The van der Waals surface area contributed by atoms with Crippen molar-refractivity contribution < 1.29 is 0 Å². The van der Waals surface area contributed by atoms with Gasteiger partial charge in [-0.15, -0.1) is 0 Å². The molecule has 0 saturated carbocycles. The summed E-state index contributed by atoms with van der Waals surface area (Å²) in [7, 11) is 0. The molecule has 0 amide bonds. The summed E-state index contributed by atoms with van der Waals surface area (Å²) in [4.78, 5) is 0. The summed E-state index contributed by atoms with van der Waals surface area (Å²) >= 11 is 0. The van der Waals surface area contributed by atoms with Crippen LogP contribution < -0.4 is 0 Å². The second-order valence-corrected chi connectivity index (χ2v) is 2.11. The first-order chi connectivity index (χ1) is 4.72. The largest absolute Gasteiger partial charge is 0.0991 e. The summed E-state index contributed by atoms with van der Waals surface area (Å²) in [6, 6.07) is 0. The van der Waals surface area contributed by atoms with Crippen LogP contribution in [0.25, 0.3) is 0 Å². The Morgan fingerprint density at radius 1 is 1.40 bits per heavy atom. The van der Waals surface area contributed by atoms with Crippen molar-refractivity contribution in [3.63, 3.8) is 0 Å². The van der Waals surface area contributed by atoms with E-state index in [0.29, 0.717) is 0 Å². The molecule has 0 radical (unpaired) electrons. The van der Waals surface area contributed by atoms with Gasteiger partial charge < -0.3 is 0 Å². The molecule has 0 N–H and O–H groups in total. The molecule has 0 aromatic heterocycles. The lowest BCUT2D eigenvalue weighted by Gasteiger charge is -1.95. The topological polar surface area (TPSA) is 0 Å². The molecule has 0 spiro atoms. The zero-order valence-corrected chi connectivity index (χ0v) is 6.72. The zero-order chi connectivity index (χ0) is 7.98. The van der Waals surface area contributed by atoms with Gasteiger partial charge in [0.15, 0.2) is 0 Å². The minimum atomic E-state index is 1.04. The number of allylic oxidation sites excluding steroid dienone is 6. The van der Waals surface area contributed by atoms with Crippen molar-refractivity contribution in [1.82, 2.24) is 0 Å². The smallest absolute Gasteiger partial charge is 0.0303 e. The van der Waals surface area contributed by atoms with Crippen LogP contribution in [0.2, 0.25) is 0 Å². The average molecular weight is 134 g/mol. The van der Waals surface area contributed by atoms with E-state index in [0.717, 1.165) is 11.1 Å². The Balaban J connectivity index is 4.21. The molecule has 0 saturated heterocycles. The summed E-state index contributed by atoms with van der Waals surface area (Å²) in [5.74, 6) is 0. The van der Waals surface area contributed by atoms with Crippen molar-refractivity contribution in [2.24, 2.45) is 0 Å². The van der Waals surface area contributed by atoms with Crippen LogP contribution in [0, 0.1) is 0 Å². The van der Waals surface area contributed by atoms with Gasteiger partial charge in [0.1, 0.15) is 0 Å². The maximum absolute atomic E-state index is 3.86. The highest BCUT2D eigenvalue weighted by molar-refractivity contribution is 5.37. The number of rotatable bonds is 3. The SMILES string of the molecule is C=C/C=C(/C)C(=C)/C=C\C. The van der Waals surface area contributed by atoms with Crippen LogP contribution in [0.15, 0.2) is 48.6 Å². The highest BCUT2D eigenvalue weighted by atomic mass is 13.9. The second kappa shape index (κ2) is 4.80. The highest BCUT2D eigenvalue weighted by Crippen LogP contribution is 2.07. The van der Waals surface area contributed by atoms with E-state index in [1.54, 1.807) is 6.08 Å². The molecule has 10 heavy (non-hydrogen) atoms. The Morgan fingerprint density at radius 3 is 2.40 bits per heavy atom. The molecule has 0 aliphatic carbocycles. The molecule has 0 aliphatic heterocycles. The summed E-state index contributed by atoms with van der Waals surface area (Å²) in [6.07, 6.45) is 7.67. The van der Waals surface area contributed by atoms with E-state index in [9.17, 15) is 0 Å². The number of hydrogen-bond acceptors (Lipinski definition) is 0. The molecule has 0 fully saturated rings. The normalized spacial score (nSPS) is 12.0. The van der Waals surface area contributed by atoms with Crippen LogP contribution in [0.1, 0.15) is 13.8 Å². The molecular weight excluding hydrogens is 120 g/mol. The van der Waals surface area contributed by atoms with Crippen LogP contribution in [0.4, 0.5) is 0 Å². The lowest BCUT2D eigenvalue weighted by molar-refractivity contribution is 1.44. The summed E-state index contributed by atoms with van der Waals surface area (Å²) in [5, 5.41) is 0. The highest BCUT2D eigenvalue weighted by Gasteiger charge is 1.87. The van der Waals surface area contributed by atoms with Crippen LogP contribution in [0.3, 0.4) is 0 Å². The van der Waals surface area contributed by atoms with E-state index in [1.807, 2.05) is 32.1 Å². The first-order valence-corrected chi connectivity index (χ1v) is 3.33. The lowest BCUT2D eigenvalue weighted by Crippen LogP contribution is -1.75. The predicted octanol–water partition coefficient (Wildman–Crippen LogP) is 3.25. The van der Waals surface area contributed by atoms with Crippen molar-refractivity contribution in [3.05, 3.63) is 48.6 Å².